The number of hydrogen-bond acceptors (Lipinski definition) is 2. The summed E-state index contributed by atoms with van der Waals surface area (Å²) in [5.74, 6) is 0.995. The Labute approximate surface area is 87.0 Å². The molecule has 1 saturated carbocycles. The molecule has 3 fully saturated rings. The Morgan fingerprint density at radius 2 is 1.71 bits per heavy atom. The van der Waals surface area contributed by atoms with E-state index in [1.807, 2.05) is 0 Å². The van der Waals surface area contributed by atoms with E-state index in [2.05, 4.69) is 17.1 Å². The zero-order valence-corrected chi connectivity index (χ0v) is 9.21. The van der Waals surface area contributed by atoms with E-state index in [0.717, 1.165) is 24.0 Å². The Hall–Kier alpha value is -0.0800. The van der Waals surface area contributed by atoms with E-state index >= 15 is 0 Å². The quantitative estimate of drug-likeness (QED) is 0.682. The Morgan fingerprint density at radius 3 is 2.29 bits per heavy atom. The average molecular weight is 194 g/mol. The van der Waals surface area contributed by atoms with Gasteiger partial charge in [-0.2, -0.15) is 0 Å². The van der Waals surface area contributed by atoms with Crippen molar-refractivity contribution in [2.24, 2.45) is 5.92 Å². The molecule has 2 heteroatoms. The fourth-order valence-corrected chi connectivity index (χ4v) is 3.50. The Kier molecular flexibility index (Phi) is 2.29. The first-order valence-corrected chi connectivity index (χ1v) is 6.31. The van der Waals surface area contributed by atoms with Crippen LogP contribution in [-0.2, 0) is 0 Å². The third-order valence-electron chi connectivity index (χ3n) is 4.35. The summed E-state index contributed by atoms with van der Waals surface area (Å²) >= 11 is 0. The molecule has 1 N–H and O–H groups in total. The molecule has 2 heterocycles. The predicted octanol–water partition coefficient (Wildman–Crippen LogP) is 1.61. The summed E-state index contributed by atoms with van der Waals surface area (Å²) in [7, 11) is 0. The third-order valence-corrected chi connectivity index (χ3v) is 4.35. The van der Waals surface area contributed by atoms with E-state index in [0.29, 0.717) is 0 Å². The highest BCUT2D eigenvalue weighted by Gasteiger charge is 2.37. The molecule has 2 atom stereocenters. The van der Waals surface area contributed by atoms with Gasteiger partial charge in [0, 0.05) is 31.2 Å². The second-order valence-corrected chi connectivity index (χ2v) is 5.68. The molecule has 3 rings (SSSR count). The lowest BCUT2D eigenvalue weighted by Gasteiger charge is -2.49. The van der Waals surface area contributed by atoms with E-state index in [1.165, 1.54) is 45.2 Å². The Morgan fingerprint density at radius 1 is 1.07 bits per heavy atom. The summed E-state index contributed by atoms with van der Waals surface area (Å²) < 4.78 is 0. The minimum Gasteiger partial charge on any atom is -0.309 e. The van der Waals surface area contributed by atoms with Crippen LogP contribution in [0.4, 0.5) is 0 Å². The molecular weight excluding hydrogens is 172 g/mol. The first kappa shape index (κ1) is 9.17. The molecule has 2 saturated heterocycles. The van der Waals surface area contributed by atoms with Crippen molar-refractivity contribution in [3.8, 4) is 0 Å². The number of piperazine rings is 1. The first-order valence-electron chi connectivity index (χ1n) is 6.31. The van der Waals surface area contributed by atoms with E-state index < -0.39 is 0 Å². The van der Waals surface area contributed by atoms with Crippen molar-refractivity contribution >= 4 is 0 Å². The van der Waals surface area contributed by atoms with Crippen LogP contribution in [0.2, 0.25) is 0 Å². The number of fused-ring (bicyclic) bond motifs is 2. The van der Waals surface area contributed by atoms with Crippen LogP contribution in [0.3, 0.4) is 0 Å². The summed E-state index contributed by atoms with van der Waals surface area (Å²) in [6.07, 6.45) is 7.20. The topological polar surface area (TPSA) is 15.3 Å². The molecule has 0 aromatic carbocycles. The lowest BCUT2D eigenvalue weighted by molar-refractivity contribution is 0.0293. The van der Waals surface area contributed by atoms with Crippen molar-refractivity contribution in [1.82, 2.24) is 10.2 Å². The lowest BCUT2D eigenvalue weighted by atomic mass is 9.79. The third kappa shape index (κ3) is 1.59. The van der Waals surface area contributed by atoms with Crippen LogP contribution >= 0.6 is 0 Å². The molecule has 2 nitrogen and oxygen atoms in total. The molecule has 0 spiro atoms. The summed E-state index contributed by atoms with van der Waals surface area (Å²) in [5.41, 5.74) is 0. The Balaban J connectivity index is 1.60. The van der Waals surface area contributed by atoms with Gasteiger partial charge in [0.1, 0.15) is 0 Å². The normalized spacial score (nSPS) is 48.6. The molecule has 0 aromatic rings. The van der Waals surface area contributed by atoms with Crippen LogP contribution < -0.4 is 5.32 Å². The van der Waals surface area contributed by atoms with E-state index in [-0.39, 0.29) is 0 Å². The molecule has 2 unspecified atom stereocenters. The molecule has 1 aliphatic carbocycles. The molecule has 0 amide bonds. The van der Waals surface area contributed by atoms with Crippen molar-refractivity contribution in [2.75, 3.05) is 13.1 Å². The molecular formula is C12H22N2. The van der Waals surface area contributed by atoms with Crippen LogP contribution in [0, 0.1) is 5.92 Å². The number of rotatable bonds is 1. The number of nitrogens with one attached hydrogen (secondary N) is 1. The monoisotopic (exact) mass is 194 g/mol. The van der Waals surface area contributed by atoms with Gasteiger partial charge in [0.2, 0.25) is 0 Å². The number of hydrogen-bond donors (Lipinski definition) is 1. The highest BCUT2D eigenvalue weighted by atomic mass is 15.2. The maximum atomic E-state index is 3.76. The molecule has 2 aliphatic heterocycles. The zero-order valence-electron chi connectivity index (χ0n) is 9.21. The lowest BCUT2D eigenvalue weighted by Crippen LogP contribution is -2.62. The molecule has 0 radical (unpaired) electrons. The summed E-state index contributed by atoms with van der Waals surface area (Å²) in [4.78, 5) is 2.77. The van der Waals surface area contributed by atoms with Gasteiger partial charge in [-0.05, 0) is 31.6 Å². The van der Waals surface area contributed by atoms with Crippen molar-refractivity contribution in [3.63, 3.8) is 0 Å². The fourth-order valence-electron chi connectivity index (χ4n) is 3.50. The van der Waals surface area contributed by atoms with Crippen molar-refractivity contribution < 1.29 is 0 Å². The molecule has 14 heavy (non-hydrogen) atoms. The first-order chi connectivity index (χ1) is 6.81. The van der Waals surface area contributed by atoms with E-state index in [9.17, 15) is 0 Å². The number of likely N-dealkylation sites (tertiary alicyclic amines) is 1. The zero-order chi connectivity index (χ0) is 9.54. The van der Waals surface area contributed by atoms with Crippen molar-refractivity contribution in [1.29, 1.82) is 0 Å². The van der Waals surface area contributed by atoms with Gasteiger partial charge in [0.15, 0.2) is 0 Å². The summed E-state index contributed by atoms with van der Waals surface area (Å²) in [6.45, 7) is 5.04. The molecule has 3 aliphatic rings. The largest absolute Gasteiger partial charge is 0.309 e. The number of nitrogens with zero attached hydrogens (tertiary/aromatic N) is 1. The van der Waals surface area contributed by atoms with Crippen LogP contribution in [0.15, 0.2) is 0 Å². The highest BCUT2D eigenvalue weighted by molar-refractivity contribution is 4.95. The minimum absolute atomic E-state index is 0.818. The Bertz CT molecular complexity index is 198. The van der Waals surface area contributed by atoms with Gasteiger partial charge >= 0.3 is 0 Å². The second-order valence-electron chi connectivity index (χ2n) is 5.68. The van der Waals surface area contributed by atoms with Crippen molar-refractivity contribution in [3.05, 3.63) is 0 Å². The van der Waals surface area contributed by atoms with Gasteiger partial charge in [-0.25, -0.2) is 0 Å². The van der Waals surface area contributed by atoms with Gasteiger partial charge < -0.3 is 5.32 Å². The molecule has 80 valence electrons. The van der Waals surface area contributed by atoms with Crippen molar-refractivity contribution in [2.45, 2.75) is 57.2 Å². The standard InChI is InChI=1S/C12H22N2/c1-9-5-12(6-9)14-7-10-3-2-4-11(8-14)13-10/h9-13H,2-8H2,1H3. The highest BCUT2D eigenvalue weighted by Crippen LogP contribution is 2.33. The van der Waals surface area contributed by atoms with Gasteiger partial charge in [-0.3, -0.25) is 4.90 Å². The predicted molar refractivity (Wildman–Crippen MR) is 58.3 cm³/mol. The molecule has 0 aromatic heterocycles. The van der Waals surface area contributed by atoms with Gasteiger partial charge in [-0.1, -0.05) is 13.3 Å². The van der Waals surface area contributed by atoms with Gasteiger partial charge in [0.25, 0.3) is 0 Å². The number of piperidine rings is 1. The maximum Gasteiger partial charge on any atom is 0.0198 e. The van der Waals surface area contributed by atoms with Crippen LogP contribution in [0.5, 0.6) is 0 Å². The summed E-state index contributed by atoms with van der Waals surface area (Å²) in [6, 6.07) is 2.58. The van der Waals surface area contributed by atoms with E-state index in [1.54, 1.807) is 0 Å². The fraction of sp³-hybridized carbons (Fsp3) is 1.00. The van der Waals surface area contributed by atoms with Crippen LogP contribution in [0.1, 0.15) is 39.0 Å². The van der Waals surface area contributed by atoms with Gasteiger partial charge in [0.05, 0.1) is 0 Å². The van der Waals surface area contributed by atoms with E-state index in [4.69, 9.17) is 0 Å². The van der Waals surface area contributed by atoms with Crippen LogP contribution in [-0.4, -0.2) is 36.1 Å². The second kappa shape index (κ2) is 3.49. The minimum atomic E-state index is 0.818. The van der Waals surface area contributed by atoms with Gasteiger partial charge in [-0.15, -0.1) is 0 Å². The summed E-state index contributed by atoms with van der Waals surface area (Å²) in [5, 5.41) is 3.76. The SMILES string of the molecule is CC1CC(N2CC3CCCC(C2)N3)C1. The smallest absolute Gasteiger partial charge is 0.0198 e. The maximum absolute atomic E-state index is 3.76. The van der Waals surface area contributed by atoms with Crippen LogP contribution in [0.25, 0.3) is 0 Å². The molecule has 2 bridgehead atoms. The average Bonchev–Trinajstić information content (AvgIpc) is 2.12.